The van der Waals surface area contributed by atoms with Crippen LogP contribution in [-0.2, 0) is 0 Å². The van der Waals surface area contributed by atoms with Crippen molar-refractivity contribution in [2.75, 3.05) is 0 Å². The second kappa shape index (κ2) is 6.60. The van der Waals surface area contributed by atoms with Crippen molar-refractivity contribution >= 4 is 0 Å². The third-order valence-corrected chi connectivity index (χ3v) is 2.92. The first-order valence-electron chi connectivity index (χ1n) is 6.50. The van der Waals surface area contributed by atoms with Gasteiger partial charge in [0.15, 0.2) is 0 Å². The Hall–Kier alpha value is -2.42. The van der Waals surface area contributed by atoms with Gasteiger partial charge in [0.1, 0.15) is 11.5 Å². The second-order valence-electron chi connectivity index (χ2n) is 4.71. The van der Waals surface area contributed by atoms with E-state index in [0.29, 0.717) is 11.1 Å². The number of nitrogens with two attached hydrogens (primary N) is 1. The van der Waals surface area contributed by atoms with Gasteiger partial charge in [0.25, 0.3) is 0 Å². The molecule has 130 valence electrons. The van der Waals surface area contributed by atoms with E-state index in [4.69, 9.17) is 5.73 Å². The van der Waals surface area contributed by atoms with Crippen molar-refractivity contribution in [1.29, 1.82) is 0 Å². The number of rotatable bonds is 4. The molecule has 2 aromatic carbocycles. The molecule has 2 aromatic rings. The van der Waals surface area contributed by atoms with Gasteiger partial charge < -0.3 is 15.2 Å². The van der Waals surface area contributed by atoms with Gasteiger partial charge in [-0.15, -0.1) is 26.3 Å². The van der Waals surface area contributed by atoms with Crippen LogP contribution >= 0.6 is 0 Å². The number of hydrogen-bond donors (Lipinski definition) is 1. The molecular formula is C15H11F6NO2. The Morgan fingerprint density at radius 3 is 1.79 bits per heavy atom. The van der Waals surface area contributed by atoms with E-state index in [9.17, 15) is 26.3 Å². The van der Waals surface area contributed by atoms with E-state index in [1.807, 2.05) is 0 Å². The van der Waals surface area contributed by atoms with Crippen molar-refractivity contribution in [3.05, 3.63) is 59.7 Å². The van der Waals surface area contributed by atoms with E-state index >= 15 is 0 Å². The van der Waals surface area contributed by atoms with Gasteiger partial charge >= 0.3 is 12.7 Å². The summed E-state index contributed by atoms with van der Waals surface area (Å²) in [6.07, 6.45) is -9.65. The van der Waals surface area contributed by atoms with Gasteiger partial charge in [-0.1, -0.05) is 24.3 Å². The third-order valence-electron chi connectivity index (χ3n) is 2.92. The highest BCUT2D eigenvalue weighted by molar-refractivity contribution is 5.38. The van der Waals surface area contributed by atoms with Gasteiger partial charge in [0.05, 0.1) is 6.04 Å². The zero-order valence-electron chi connectivity index (χ0n) is 11.9. The standard InChI is InChI=1S/C15H11F6NO2/c16-14(17,18)23-11-6-4-9(5-7-11)13(22)10-2-1-3-12(8-10)24-15(19,20)21/h1-8,13H,22H2/t13-/m1/s1. The predicted octanol–water partition coefficient (Wildman–Crippen LogP) is 4.53. The summed E-state index contributed by atoms with van der Waals surface area (Å²) < 4.78 is 80.5. The molecule has 0 fully saturated rings. The summed E-state index contributed by atoms with van der Waals surface area (Å²) in [6.45, 7) is 0. The Bertz CT molecular complexity index is 682. The van der Waals surface area contributed by atoms with Crippen molar-refractivity contribution in [1.82, 2.24) is 0 Å². The molecule has 0 heterocycles. The summed E-state index contributed by atoms with van der Waals surface area (Å²) >= 11 is 0. The lowest BCUT2D eigenvalue weighted by molar-refractivity contribution is -0.275. The molecule has 0 spiro atoms. The lowest BCUT2D eigenvalue weighted by Crippen LogP contribution is -2.18. The Labute approximate surface area is 132 Å². The Kier molecular flexibility index (Phi) is 4.93. The number of ether oxygens (including phenoxy) is 2. The molecule has 24 heavy (non-hydrogen) atoms. The number of alkyl halides is 6. The summed E-state index contributed by atoms with van der Waals surface area (Å²) in [6, 6.07) is 8.92. The van der Waals surface area contributed by atoms with E-state index < -0.39 is 30.3 Å². The van der Waals surface area contributed by atoms with Crippen LogP contribution in [0.25, 0.3) is 0 Å². The molecular weight excluding hydrogens is 340 g/mol. The SMILES string of the molecule is N[C@H](c1ccc(OC(F)(F)F)cc1)c1cccc(OC(F)(F)F)c1. The molecule has 0 bridgehead atoms. The van der Waals surface area contributed by atoms with Gasteiger partial charge in [-0.05, 0) is 35.4 Å². The number of benzene rings is 2. The summed E-state index contributed by atoms with van der Waals surface area (Å²) in [5.41, 5.74) is 6.63. The first-order valence-corrected chi connectivity index (χ1v) is 6.50. The first kappa shape index (κ1) is 17.9. The van der Waals surface area contributed by atoms with E-state index in [1.165, 1.54) is 24.3 Å². The van der Waals surface area contributed by atoms with Crippen LogP contribution in [-0.4, -0.2) is 12.7 Å². The minimum Gasteiger partial charge on any atom is -0.406 e. The zero-order valence-corrected chi connectivity index (χ0v) is 11.9. The average Bonchev–Trinajstić information content (AvgIpc) is 2.44. The first-order chi connectivity index (χ1) is 11.0. The van der Waals surface area contributed by atoms with Crippen LogP contribution in [0.15, 0.2) is 48.5 Å². The topological polar surface area (TPSA) is 44.5 Å². The number of halogens is 6. The third kappa shape index (κ3) is 5.34. The van der Waals surface area contributed by atoms with Crippen molar-refractivity contribution in [3.8, 4) is 11.5 Å². The lowest BCUT2D eigenvalue weighted by Gasteiger charge is -2.16. The maximum Gasteiger partial charge on any atom is 0.573 e. The van der Waals surface area contributed by atoms with Gasteiger partial charge in [-0.25, -0.2) is 0 Å². The van der Waals surface area contributed by atoms with Crippen LogP contribution in [0.2, 0.25) is 0 Å². The maximum absolute atomic E-state index is 12.2. The molecule has 3 nitrogen and oxygen atoms in total. The van der Waals surface area contributed by atoms with Crippen molar-refractivity contribution in [3.63, 3.8) is 0 Å². The van der Waals surface area contributed by atoms with E-state index in [2.05, 4.69) is 9.47 Å². The zero-order chi connectivity index (χ0) is 18.0. The predicted molar refractivity (Wildman–Crippen MR) is 72.3 cm³/mol. The Balaban J connectivity index is 2.16. The summed E-state index contributed by atoms with van der Waals surface area (Å²) in [7, 11) is 0. The molecule has 0 saturated carbocycles. The highest BCUT2D eigenvalue weighted by Gasteiger charge is 2.32. The van der Waals surface area contributed by atoms with Crippen LogP contribution < -0.4 is 15.2 Å². The fraction of sp³-hybridized carbons (Fsp3) is 0.200. The minimum atomic E-state index is -4.83. The van der Waals surface area contributed by atoms with Crippen molar-refractivity contribution in [2.24, 2.45) is 5.73 Å². The Morgan fingerprint density at radius 2 is 1.25 bits per heavy atom. The summed E-state index contributed by atoms with van der Waals surface area (Å²) in [5.74, 6) is -0.861. The van der Waals surface area contributed by atoms with Crippen LogP contribution in [0.5, 0.6) is 11.5 Å². The Morgan fingerprint density at radius 1 is 0.708 bits per heavy atom. The molecule has 9 heteroatoms. The van der Waals surface area contributed by atoms with Crippen LogP contribution in [0.1, 0.15) is 17.2 Å². The second-order valence-corrected chi connectivity index (χ2v) is 4.71. The molecule has 1 atom stereocenters. The van der Waals surface area contributed by atoms with Gasteiger partial charge in [0, 0.05) is 0 Å². The fourth-order valence-electron chi connectivity index (χ4n) is 1.97. The molecule has 0 aliphatic rings. The number of hydrogen-bond acceptors (Lipinski definition) is 3. The molecule has 0 aliphatic heterocycles. The highest BCUT2D eigenvalue weighted by atomic mass is 19.4. The smallest absolute Gasteiger partial charge is 0.406 e. The molecule has 0 amide bonds. The summed E-state index contributed by atoms with van der Waals surface area (Å²) in [4.78, 5) is 0. The molecule has 2 N–H and O–H groups in total. The largest absolute Gasteiger partial charge is 0.573 e. The highest BCUT2D eigenvalue weighted by Crippen LogP contribution is 2.29. The molecule has 0 aliphatic carbocycles. The minimum absolute atomic E-state index is 0.307. The molecule has 0 unspecified atom stereocenters. The van der Waals surface area contributed by atoms with Gasteiger partial charge in [0.2, 0.25) is 0 Å². The van der Waals surface area contributed by atoms with Gasteiger partial charge in [-0.2, -0.15) is 0 Å². The van der Waals surface area contributed by atoms with Crippen molar-refractivity contribution < 1.29 is 35.8 Å². The molecule has 0 saturated heterocycles. The van der Waals surface area contributed by atoms with Crippen molar-refractivity contribution in [2.45, 2.75) is 18.8 Å². The molecule has 0 aromatic heterocycles. The van der Waals surface area contributed by atoms with Crippen LogP contribution in [0.3, 0.4) is 0 Å². The average molecular weight is 351 g/mol. The van der Waals surface area contributed by atoms with Crippen LogP contribution in [0.4, 0.5) is 26.3 Å². The molecule has 2 rings (SSSR count). The van der Waals surface area contributed by atoms with E-state index in [-0.39, 0.29) is 0 Å². The lowest BCUT2D eigenvalue weighted by atomic mass is 9.99. The normalized spacial score (nSPS) is 13.5. The quantitative estimate of drug-likeness (QED) is 0.823. The van der Waals surface area contributed by atoms with Gasteiger partial charge in [-0.3, -0.25) is 0 Å². The van der Waals surface area contributed by atoms with Crippen LogP contribution in [0, 0.1) is 0 Å². The molecule has 0 radical (unpaired) electrons. The summed E-state index contributed by atoms with van der Waals surface area (Å²) in [5, 5.41) is 0. The fourth-order valence-corrected chi connectivity index (χ4v) is 1.97. The van der Waals surface area contributed by atoms with E-state index in [1.54, 1.807) is 0 Å². The maximum atomic E-state index is 12.2. The monoisotopic (exact) mass is 351 g/mol. The van der Waals surface area contributed by atoms with E-state index in [0.717, 1.165) is 24.3 Å².